The van der Waals surface area contributed by atoms with Crippen molar-refractivity contribution in [2.75, 3.05) is 5.75 Å². The number of imidazole rings is 1. The summed E-state index contributed by atoms with van der Waals surface area (Å²) in [6.07, 6.45) is -2.40. The van der Waals surface area contributed by atoms with Crippen LogP contribution in [0.2, 0.25) is 5.02 Å². The molecular formula is C22H16ClF3N6O2S. The quantitative estimate of drug-likeness (QED) is 0.337. The number of benzene rings is 1. The molecule has 35 heavy (non-hydrogen) atoms. The van der Waals surface area contributed by atoms with Crippen molar-refractivity contribution >= 4 is 38.2 Å². The van der Waals surface area contributed by atoms with Gasteiger partial charge in [-0.05, 0) is 24.3 Å². The molecule has 13 heteroatoms. The van der Waals surface area contributed by atoms with Crippen LogP contribution in [0, 0.1) is 0 Å². The first-order chi connectivity index (χ1) is 16.5. The molecule has 0 aliphatic heterocycles. The predicted molar refractivity (Wildman–Crippen MR) is 124 cm³/mol. The summed E-state index contributed by atoms with van der Waals surface area (Å²) in [5.41, 5.74) is 0.583. The third-order valence-corrected chi connectivity index (χ3v) is 7.41. The largest absolute Gasteiger partial charge is 0.417 e. The third-order valence-electron chi connectivity index (χ3n) is 5.54. The molecule has 0 bridgehead atoms. The van der Waals surface area contributed by atoms with Gasteiger partial charge in [0.1, 0.15) is 16.9 Å². The summed E-state index contributed by atoms with van der Waals surface area (Å²) in [5, 5.41) is 4.57. The van der Waals surface area contributed by atoms with Crippen LogP contribution in [0.3, 0.4) is 0 Å². The van der Waals surface area contributed by atoms with Gasteiger partial charge < -0.3 is 4.57 Å². The lowest BCUT2D eigenvalue weighted by atomic mass is 10.1. The monoisotopic (exact) mass is 520 g/mol. The standard InChI is InChI=1S/C22H16ClF3N6O2S/c1-3-35(33,34)21-17(20-29-15-10-13(22(24,25)26)11-28-18(15)31(20)2)19-27-8-7-16(32(19)30-21)12-5-4-6-14(23)9-12/h4-11H,3H2,1-2H3. The van der Waals surface area contributed by atoms with Gasteiger partial charge in [-0.3, -0.25) is 0 Å². The van der Waals surface area contributed by atoms with Crippen LogP contribution in [0.25, 0.3) is 39.5 Å². The Morgan fingerprint density at radius 3 is 2.54 bits per heavy atom. The van der Waals surface area contributed by atoms with Crippen LogP contribution in [-0.2, 0) is 23.1 Å². The van der Waals surface area contributed by atoms with Crippen molar-refractivity contribution in [1.82, 2.24) is 29.1 Å². The van der Waals surface area contributed by atoms with E-state index >= 15 is 0 Å². The number of aromatic nitrogens is 6. The number of aryl methyl sites for hydroxylation is 1. The lowest BCUT2D eigenvalue weighted by molar-refractivity contribution is -0.137. The first-order valence-corrected chi connectivity index (χ1v) is 12.3. The van der Waals surface area contributed by atoms with E-state index in [2.05, 4.69) is 20.1 Å². The normalized spacial score (nSPS) is 12.6. The molecule has 0 fully saturated rings. The minimum atomic E-state index is -4.60. The molecule has 8 nitrogen and oxygen atoms in total. The maximum absolute atomic E-state index is 13.2. The van der Waals surface area contributed by atoms with Crippen LogP contribution in [0.5, 0.6) is 0 Å². The first-order valence-electron chi connectivity index (χ1n) is 10.3. The summed E-state index contributed by atoms with van der Waals surface area (Å²) < 4.78 is 68.6. The Labute approximate surface area is 201 Å². The molecule has 0 aliphatic carbocycles. The number of alkyl halides is 3. The van der Waals surface area contributed by atoms with Gasteiger partial charge in [0.15, 0.2) is 26.2 Å². The third kappa shape index (κ3) is 3.82. The van der Waals surface area contributed by atoms with Crippen LogP contribution >= 0.6 is 11.6 Å². The maximum Gasteiger partial charge on any atom is 0.417 e. The highest BCUT2D eigenvalue weighted by Crippen LogP contribution is 2.36. The summed E-state index contributed by atoms with van der Waals surface area (Å²) in [4.78, 5) is 12.6. The van der Waals surface area contributed by atoms with Crippen LogP contribution in [-0.4, -0.2) is 43.3 Å². The second-order valence-corrected chi connectivity index (χ2v) is 10.3. The lowest BCUT2D eigenvalue weighted by Crippen LogP contribution is -2.07. The summed E-state index contributed by atoms with van der Waals surface area (Å²) in [5.74, 6) is -0.179. The van der Waals surface area contributed by atoms with Crippen LogP contribution in [0.15, 0.2) is 53.8 Å². The predicted octanol–water partition coefficient (Wildman–Crippen LogP) is 4.81. The molecule has 4 aromatic heterocycles. The SMILES string of the molecule is CCS(=O)(=O)c1nn2c(-c3cccc(Cl)c3)ccnc2c1-c1nc2cc(C(F)(F)F)cnc2n1C. The number of hydrogen-bond donors (Lipinski definition) is 0. The van der Waals surface area contributed by atoms with Crippen molar-refractivity contribution in [3.8, 4) is 22.6 Å². The number of halogens is 4. The van der Waals surface area contributed by atoms with Gasteiger partial charge in [-0.15, -0.1) is 0 Å². The number of sulfone groups is 1. The Kier molecular flexibility index (Phi) is 5.33. The van der Waals surface area contributed by atoms with Crippen molar-refractivity contribution in [3.63, 3.8) is 0 Å². The zero-order valence-electron chi connectivity index (χ0n) is 18.2. The Morgan fingerprint density at radius 1 is 1.09 bits per heavy atom. The van der Waals surface area contributed by atoms with Gasteiger partial charge in [0.2, 0.25) is 0 Å². The molecule has 0 N–H and O–H groups in total. The van der Waals surface area contributed by atoms with Gasteiger partial charge in [-0.2, -0.15) is 18.3 Å². The summed E-state index contributed by atoms with van der Waals surface area (Å²) in [6.45, 7) is 1.47. The average Bonchev–Trinajstić information content (AvgIpc) is 3.36. The van der Waals surface area contributed by atoms with Crippen molar-refractivity contribution in [2.24, 2.45) is 7.05 Å². The molecule has 0 spiro atoms. The molecule has 1 aromatic carbocycles. The fraction of sp³-hybridized carbons (Fsp3) is 0.182. The maximum atomic E-state index is 13.2. The van der Waals surface area contributed by atoms with E-state index in [1.807, 2.05) is 0 Å². The number of nitrogens with zero attached hydrogens (tertiary/aromatic N) is 6. The number of fused-ring (bicyclic) bond motifs is 2. The summed E-state index contributed by atoms with van der Waals surface area (Å²) in [7, 11) is -2.34. The van der Waals surface area contributed by atoms with E-state index in [9.17, 15) is 21.6 Å². The van der Waals surface area contributed by atoms with Crippen molar-refractivity contribution in [2.45, 2.75) is 18.1 Å². The summed E-state index contributed by atoms with van der Waals surface area (Å²) >= 11 is 6.14. The van der Waals surface area contributed by atoms with Gasteiger partial charge in [-0.25, -0.2) is 27.9 Å². The zero-order chi connectivity index (χ0) is 25.1. The van der Waals surface area contributed by atoms with E-state index < -0.39 is 21.6 Å². The molecule has 0 saturated heterocycles. The molecule has 0 unspecified atom stereocenters. The number of hydrogen-bond acceptors (Lipinski definition) is 6. The average molecular weight is 521 g/mol. The number of pyridine rings is 1. The van der Waals surface area contributed by atoms with E-state index in [0.717, 1.165) is 6.07 Å². The van der Waals surface area contributed by atoms with Crippen molar-refractivity contribution < 1.29 is 21.6 Å². The molecule has 0 radical (unpaired) electrons. The van der Waals surface area contributed by atoms with E-state index in [-0.39, 0.29) is 39.0 Å². The smallest absolute Gasteiger partial charge is 0.312 e. The molecule has 0 aliphatic rings. The van der Waals surface area contributed by atoms with Gasteiger partial charge in [0.05, 0.1) is 17.0 Å². The Hall–Kier alpha value is -3.51. The van der Waals surface area contributed by atoms with Crippen LogP contribution < -0.4 is 0 Å². The molecule has 180 valence electrons. The van der Waals surface area contributed by atoms with Crippen molar-refractivity contribution in [1.29, 1.82) is 0 Å². The molecule has 0 amide bonds. The van der Waals surface area contributed by atoms with Gasteiger partial charge in [0.25, 0.3) is 0 Å². The molecular weight excluding hydrogens is 505 g/mol. The zero-order valence-corrected chi connectivity index (χ0v) is 19.8. The highest BCUT2D eigenvalue weighted by molar-refractivity contribution is 7.91. The lowest BCUT2D eigenvalue weighted by Gasteiger charge is -2.06. The van der Waals surface area contributed by atoms with E-state index in [4.69, 9.17) is 11.6 Å². The van der Waals surface area contributed by atoms with Crippen LogP contribution in [0.4, 0.5) is 13.2 Å². The number of rotatable bonds is 4. The second kappa shape index (κ2) is 8.02. The minimum Gasteiger partial charge on any atom is -0.312 e. The Balaban J connectivity index is 1.85. The van der Waals surface area contributed by atoms with E-state index in [1.54, 1.807) is 30.3 Å². The molecule has 5 rings (SSSR count). The van der Waals surface area contributed by atoms with Gasteiger partial charge >= 0.3 is 6.18 Å². The van der Waals surface area contributed by atoms with Gasteiger partial charge in [-0.1, -0.05) is 30.7 Å². The molecule has 0 atom stereocenters. The van der Waals surface area contributed by atoms with Crippen LogP contribution in [0.1, 0.15) is 12.5 Å². The topological polar surface area (TPSA) is 95.0 Å². The van der Waals surface area contributed by atoms with E-state index in [1.165, 1.54) is 29.3 Å². The minimum absolute atomic E-state index is 0.0393. The fourth-order valence-electron chi connectivity index (χ4n) is 3.80. The molecule has 5 aromatic rings. The Morgan fingerprint density at radius 2 is 1.86 bits per heavy atom. The highest BCUT2D eigenvalue weighted by Gasteiger charge is 2.33. The summed E-state index contributed by atoms with van der Waals surface area (Å²) in [6, 6.07) is 9.46. The Bertz CT molecular complexity index is 1730. The molecule has 0 saturated carbocycles. The van der Waals surface area contributed by atoms with Crippen molar-refractivity contribution in [3.05, 3.63) is 59.4 Å². The van der Waals surface area contributed by atoms with Gasteiger partial charge in [0, 0.05) is 30.0 Å². The van der Waals surface area contributed by atoms with E-state index in [0.29, 0.717) is 22.5 Å². The first kappa shape index (κ1) is 23.2. The highest BCUT2D eigenvalue weighted by atomic mass is 35.5. The second-order valence-electron chi connectivity index (χ2n) is 7.72. The molecule has 4 heterocycles. The fourth-order valence-corrected chi connectivity index (χ4v) is 4.96.